The molecule has 6 nitrogen and oxygen atoms in total. The molecule has 1 fully saturated rings. The van der Waals surface area contributed by atoms with Crippen LogP contribution in [0.25, 0.3) is 0 Å². The Hall–Kier alpha value is -2.35. The predicted molar refractivity (Wildman–Crippen MR) is 91.8 cm³/mol. The summed E-state index contributed by atoms with van der Waals surface area (Å²) in [6.45, 7) is 3.49. The zero-order valence-corrected chi connectivity index (χ0v) is 14.8. The third kappa shape index (κ3) is 5.32. The highest BCUT2D eigenvalue weighted by Crippen LogP contribution is 2.28. The van der Waals surface area contributed by atoms with Gasteiger partial charge in [-0.2, -0.15) is 0 Å². The van der Waals surface area contributed by atoms with Gasteiger partial charge < -0.3 is 10.1 Å². The van der Waals surface area contributed by atoms with E-state index >= 15 is 0 Å². The number of esters is 1. The van der Waals surface area contributed by atoms with Gasteiger partial charge in [0, 0.05) is 0 Å². The van der Waals surface area contributed by atoms with Crippen molar-refractivity contribution >= 4 is 29.5 Å². The lowest BCUT2D eigenvalue weighted by Crippen LogP contribution is -2.38. The van der Waals surface area contributed by atoms with Gasteiger partial charge in [0.25, 0.3) is 0 Å². The smallest absolute Gasteiger partial charge is 0.333 e. The number of thioether (sulfide) groups is 1. The molecule has 1 heterocycles. The Morgan fingerprint density at radius 2 is 2.08 bits per heavy atom. The van der Waals surface area contributed by atoms with Crippen molar-refractivity contribution in [1.82, 2.24) is 10.2 Å². The lowest BCUT2D eigenvalue weighted by atomic mass is 10.1. The van der Waals surface area contributed by atoms with Crippen LogP contribution in [0.1, 0.15) is 25.5 Å². The van der Waals surface area contributed by atoms with Crippen LogP contribution in [-0.4, -0.2) is 41.6 Å². The second-order valence-corrected chi connectivity index (χ2v) is 6.34. The number of benzene rings is 1. The molecule has 25 heavy (non-hydrogen) atoms. The van der Waals surface area contributed by atoms with Crippen molar-refractivity contribution < 1.29 is 23.5 Å². The van der Waals surface area contributed by atoms with Crippen LogP contribution in [0.5, 0.6) is 0 Å². The fourth-order valence-corrected chi connectivity index (χ4v) is 3.18. The van der Waals surface area contributed by atoms with Gasteiger partial charge in [0.15, 0.2) is 0 Å². The number of nitrogens with zero attached hydrogens (tertiary/aromatic N) is 1. The Morgan fingerprint density at radius 1 is 1.40 bits per heavy atom. The highest BCUT2D eigenvalue weighted by Gasteiger charge is 2.29. The van der Waals surface area contributed by atoms with Gasteiger partial charge in [0.05, 0.1) is 29.5 Å². The van der Waals surface area contributed by atoms with Crippen LogP contribution in [0.3, 0.4) is 0 Å². The van der Waals surface area contributed by atoms with Crippen LogP contribution in [-0.2, 0) is 19.1 Å². The zero-order valence-electron chi connectivity index (χ0n) is 14.0. The molecule has 1 saturated heterocycles. The monoisotopic (exact) mass is 366 g/mol. The van der Waals surface area contributed by atoms with Crippen molar-refractivity contribution in [1.29, 1.82) is 0 Å². The minimum Gasteiger partial charge on any atom is -0.463 e. The number of hydrogen-bond donors (Lipinski definition) is 1. The average Bonchev–Trinajstić information content (AvgIpc) is 2.88. The standard InChI is InChI=1S/C17H19FN2O4S/c1-3-24-17(23)8-16-20(15(22)10-25-16)9-14(21)19-11(2)12-4-6-13(18)7-5-12/h4-8,11H,3,9-10H2,1-2H3,(H,19,21)/b16-8-. The van der Waals surface area contributed by atoms with Crippen LogP contribution < -0.4 is 5.32 Å². The Morgan fingerprint density at radius 3 is 2.72 bits per heavy atom. The van der Waals surface area contributed by atoms with E-state index in [0.717, 1.165) is 5.56 Å². The molecule has 0 saturated carbocycles. The first-order chi connectivity index (χ1) is 11.9. The van der Waals surface area contributed by atoms with E-state index in [9.17, 15) is 18.8 Å². The van der Waals surface area contributed by atoms with Crippen LogP contribution in [0.15, 0.2) is 35.4 Å². The van der Waals surface area contributed by atoms with Crippen molar-refractivity contribution in [2.24, 2.45) is 0 Å². The lowest BCUT2D eigenvalue weighted by Gasteiger charge is -2.19. The van der Waals surface area contributed by atoms with Crippen molar-refractivity contribution in [3.05, 3.63) is 46.8 Å². The first-order valence-corrected chi connectivity index (χ1v) is 8.75. The van der Waals surface area contributed by atoms with Gasteiger partial charge in [-0.15, -0.1) is 0 Å². The topological polar surface area (TPSA) is 75.7 Å². The molecule has 1 unspecified atom stereocenters. The molecule has 1 aliphatic rings. The molecule has 0 radical (unpaired) electrons. The van der Waals surface area contributed by atoms with E-state index in [-0.39, 0.29) is 42.6 Å². The van der Waals surface area contributed by atoms with Gasteiger partial charge in [0.1, 0.15) is 12.4 Å². The summed E-state index contributed by atoms with van der Waals surface area (Å²) in [6, 6.07) is 5.47. The number of carbonyl (C=O) groups excluding carboxylic acids is 3. The summed E-state index contributed by atoms with van der Waals surface area (Å²) in [5.41, 5.74) is 0.749. The van der Waals surface area contributed by atoms with Crippen molar-refractivity contribution in [3.8, 4) is 0 Å². The fourth-order valence-electron chi connectivity index (χ4n) is 2.25. The van der Waals surface area contributed by atoms with E-state index in [0.29, 0.717) is 5.03 Å². The third-order valence-electron chi connectivity index (χ3n) is 3.49. The molecule has 8 heteroatoms. The number of rotatable bonds is 6. The molecule has 1 atom stereocenters. The molecule has 2 amide bonds. The summed E-state index contributed by atoms with van der Waals surface area (Å²) >= 11 is 1.19. The normalized spacial score (nSPS) is 16.8. The maximum absolute atomic E-state index is 13.0. The van der Waals surface area contributed by atoms with Crippen molar-refractivity contribution in [2.75, 3.05) is 18.9 Å². The van der Waals surface area contributed by atoms with E-state index < -0.39 is 5.97 Å². The summed E-state index contributed by atoms with van der Waals surface area (Å²) in [5, 5.41) is 3.15. The molecule has 1 aromatic carbocycles. The maximum Gasteiger partial charge on any atom is 0.333 e. The Balaban J connectivity index is 1.98. The van der Waals surface area contributed by atoms with E-state index in [4.69, 9.17) is 4.74 Å². The van der Waals surface area contributed by atoms with Gasteiger partial charge in [-0.05, 0) is 31.5 Å². The van der Waals surface area contributed by atoms with Crippen molar-refractivity contribution in [2.45, 2.75) is 19.9 Å². The molecule has 0 bridgehead atoms. The van der Waals surface area contributed by atoms with E-state index in [1.807, 2.05) is 0 Å². The molecular weight excluding hydrogens is 347 g/mol. The number of nitrogens with one attached hydrogen (secondary N) is 1. The van der Waals surface area contributed by atoms with E-state index in [2.05, 4.69) is 5.32 Å². The number of carbonyl (C=O) groups is 3. The average molecular weight is 366 g/mol. The SMILES string of the molecule is CCOC(=O)/C=C1\SCC(=O)N1CC(=O)NC(C)c1ccc(F)cc1. The van der Waals surface area contributed by atoms with Gasteiger partial charge in [-0.25, -0.2) is 9.18 Å². The molecule has 134 valence electrons. The summed E-state index contributed by atoms with van der Waals surface area (Å²) in [5.74, 6) is -1.35. The summed E-state index contributed by atoms with van der Waals surface area (Å²) in [6.07, 6.45) is 1.22. The summed E-state index contributed by atoms with van der Waals surface area (Å²) in [7, 11) is 0. The molecule has 0 aromatic heterocycles. The summed E-state index contributed by atoms with van der Waals surface area (Å²) in [4.78, 5) is 37.0. The van der Waals surface area contributed by atoms with Gasteiger partial charge in [0.2, 0.25) is 11.8 Å². The molecule has 1 N–H and O–H groups in total. The highest BCUT2D eigenvalue weighted by molar-refractivity contribution is 8.04. The molecular formula is C17H19FN2O4S. The predicted octanol–water partition coefficient (Wildman–Crippen LogP) is 1.98. The number of halogens is 1. The molecule has 1 aliphatic heterocycles. The van der Waals surface area contributed by atoms with Crippen LogP contribution in [0.4, 0.5) is 4.39 Å². The quantitative estimate of drug-likeness (QED) is 0.615. The minimum absolute atomic E-state index is 0.173. The highest BCUT2D eigenvalue weighted by atomic mass is 32.2. The zero-order chi connectivity index (χ0) is 18.4. The second-order valence-electron chi connectivity index (χ2n) is 5.34. The largest absolute Gasteiger partial charge is 0.463 e. The van der Waals surface area contributed by atoms with Crippen LogP contribution in [0, 0.1) is 5.82 Å². The number of amides is 2. The maximum atomic E-state index is 13.0. The Labute approximate surface area is 149 Å². The van der Waals surface area contributed by atoms with Crippen LogP contribution in [0.2, 0.25) is 0 Å². The molecule has 0 aliphatic carbocycles. The molecule has 0 spiro atoms. The van der Waals surface area contributed by atoms with E-state index in [1.165, 1.54) is 34.9 Å². The van der Waals surface area contributed by atoms with Gasteiger partial charge >= 0.3 is 5.97 Å². The number of hydrogen-bond acceptors (Lipinski definition) is 5. The fraction of sp³-hybridized carbons (Fsp3) is 0.353. The van der Waals surface area contributed by atoms with Gasteiger partial charge in [-0.1, -0.05) is 23.9 Å². The third-order valence-corrected chi connectivity index (χ3v) is 4.51. The minimum atomic E-state index is -0.551. The molecule has 2 rings (SSSR count). The second kappa shape index (κ2) is 8.66. The first kappa shape index (κ1) is 19.0. The lowest BCUT2D eigenvalue weighted by molar-refractivity contribution is -0.137. The molecule has 1 aromatic rings. The van der Waals surface area contributed by atoms with Crippen molar-refractivity contribution in [3.63, 3.8) is 0 Å². The van der Waals surface area contributed by atoms with Crippen LogP contribution >= 0.6 is 11.8 Å². The Kier molecular flexibility index (Phi) is 6.58. The van der Waals surface area contributed by atoms with Gasteiger partial charge in [-0.3, -0.25) is 14.5 Å². The first-order valence-electron chi connectivity index (χ1n) is 7.77. The Bertz CT molecular complexity index is 690. The summed E-state index contributed by atoms with van der Waals surface area (Å²) < 4.78 is 17.8. The van der Waals surface area contributed by atoms with E-state index in [1.54, 1.807) is 26.0 Å². The number of ether oxygens (including phenoxy) is 1.